The number of hydrogen-bond donors (Lipinski definition) is 1. The number of methoxy groups -OCH3 is 1. The van der Waals surface area contributed by atoms with Crippen LogP contribution in [0.1, 0.15) is 29.0 Å². The van der Waals surface area contributed by atoms with Crippen LogP contribution in [-0.2, 0) is 17.6 Å². The van der Waals surface area contributed by atoms with Crippen LogP contribution in [0, 0.1) is 13.8 Å². The number of ether oxygens (including phenoxy) is 1. The van der Waals surface area contributed by atoms with Gasteiger partial charge in [0.25, 0.3) is 5.22 Å². The molecule has 0 fully saturated rings. The summed E-state index contributed by atoms with van der Waals surface area (Å²) in [6, 6.07) is 11.5. The van der Waals surface area contributed by atoms with Crippen molar-refractivity contribution in [3.8, 4) is 5.75 Å². The maximum Gasteiger partial charge on any atom is 0.277 e. The smallest absolute Gasteiger partial charge is 0.277 e. The van der Waals surface area contributed by atoms with E-state index in [9.17, 15) is 4.79 Å². The molecule has 1 N–H and O–H groups in total. The molecule has 0 bridgehead atoms. The lowest BCUT2D eigenvalue weighted by atomic mass is 10.1. The number of aryl methyl sites for hydroxylation is 4. The highest BCUT2D eigenvalue weighted by atomic mass is 35.5. The summed E-state index contributed by atoms with van der Waals surface area (Å²) < 4.78 is 10.9. The molecule has 0 spiro atoms. The first-order valence-corrected chi connectivity index (χ1v) is 11.0. The zero-order chi connectivity index (χ0) is 21.5. The topological polar surface area (TPSA) is 77.2 Å². The lowest BCUT2D eigenvalue weighted by molar-refractivity contribution is -0.113. The van der Waals surface area contributed by atoms with Crippen molar-refractivity contribution >= 4 is 35.0 Å². The van der Waals surface area contributed by atoms with E-state index >= 15 is 0 Å². The van der Waals surface area contributed by atoms with E-state index < -0.39 is 0 Å². The summed E-state index contributed by atoms with van der Waals surface area (Å²) in [7, 11) is 1.68. The SMILES string of the molecule is COc1ccc(CCCc2nnc(SCC(=O)Nc3ccc(Cl)cc3C)o2)cc1C. The van der Waals surface area contributed by atoms with Crippen LogP contribution < -0.4 is 10.1 Å². The second kappa shape index (κ2) is 10.5. The molecule has 6 nitrogen and oxygen atoms in total. The summed E-state index contributed by atoms with van der Waals surface area (Å²) in [4.78, 5) is 12.2. The highest BCUT2D eigenvalue weighted by molar-refractivity contribution is 7.99. The normalized spacial score (nSPS) is 10.8. The quantitative estimate of drug-likeness (QED) is 0.453. The van der Waals surface area contributed by atoms with Gasteiger partial charge in [0.15, 0.2) is 0 Å². The van der Waals surface area contributed by atoms with Gasteiger partial charge < -0.3 is 14.5 Å². The van der Waals surface area contributed by atoms with Crippen LogP contribution in [0.5, 0.6) is 5.75 Å². The summed E-state index contributed by atoms with van der Waals surface area (Å²) in [6.07, 6.45) is 2.50. The first-order chi connectivity index (χ1) is 14.4. The lowest BCUT2D eigenvalue weighted by Gasteiger charge is -2.07. The van der Waals surface area contributed by atoms with Gasteiger partial charge in [-0.15, -0.1) is 10.2 Å². The van der Waals surface area contributed by atoms with Crippen LogP contribution in [0.25, 0.3) is 0 Å². The maximum absolute atomic E-state index is 12.2. The predicted octanol–water partition coefficient (Wildman–Crippen LogP) is 5.25. The van der Waals surface area contributed by atoms with Crippen molar-refractivity contribution in [3.63, 3.8) is 0 Å². The summed E-state index contributed by atoms with van der Waals surface area (Å²) in [5.41, 5.74) is 4.02. The van der Waals surface area contributed by atoms with E-state index in [-0.39, 0.29) is 11.7 Å². The first kappa shape index (κ1) is 22.2. The van der Waals surface area contributed by atoms with Gasteiger partial charge in [-0.2, -0.15) is 0 Å². The average Bonchev–Trinajstić information content (AvgIpc) is 3.16. The van der Waals surface area contributed by atoms with E-state index in [0.717, 1.165) is 35.4 Å². The number of carbonyl (C=O) groups is 1. The molecule has 0 aliphatic rings. The third-order valence-electron chi connectivity index (χ3n) is 4.55. The Morgan fingerprint density at radius 3 is 2.70 bits per heavy atom. The molecule has 0 saturated heterocycles. The number of amides is 1. The third kappa shape index (κ3) is 6.24. The largest absolute Gasteiger partial charge is 0.496 e. The molecule has 0 unspecified atom stereocenters. The Labute approximate surface area is 185 Å². The predicted molar refractivity (Wildman–Crippen MR) is 120 cm³/mol. The standard InChI is InChI=1S/C22H24ClN3O3S/c1-14-12-17(23)8-9-18(14)24-20(27)13-30-22-26-25-21(29-22)6-4-5-16-7-10-19(28-3)15(2)11-16/h7-12H,4-6,13H2,1-3H3,(H,24,27). The Balaban J connectivity index is 1.43. The molecule has 3 rings (SSSR count). The fraction of sp³-hybridized carbons (Fsp3) is 0.318. The molecule has 0 saturated carbocycles. The zero-order valence-corrected chi connectivity index (χ0v) is 18.8. The molecular formula is C22H24ClN3O3S. The highest BCUT2D eigenvalue weighted by Crippen LogP contribution is 2.22. The average molecular weight is 446 g/mol. The fourth-order valence-electron chi connectivity index (χ4n) is 3.02. The van der Waals surface area contributed by atoms with Gasteiger partial charge in [-0.05, 0) is 67.6 Å². The molecule has 8 heteroatoms. The van der Waals surface area contributed by atoms with Gasteiger partial charge in [0.2, 0.25) is 11.8 Å². The van der Waals surface area contributed by atoms with Gasteiger partial charge in [-0.3, -0.25) is 4.79 Å². The number of benzene rings is 2. The van der Waals surface area contributed by atoms with E-state index in [2.05, 4.69) is 27.6 Å². The van der Waals surface area contributed by atoms with Gasteiger partial charge in [0.1, 0.15) is 5.75 Å². The molecule has 3 aromatic rings. The number of nitrogens with zero attached hydrogens (tertiary/aromatic N) is 2. The molecule has 0 aliphatic heterocycles. The summed E-state index contributed by atoms with van der Waals surface area (Å²) in [6.45, 7) is 3.93. The number of thioether (sulfide) groups is 1. The molecule has 0 radical (unpaired) electrons. The maximum atomic E-state index is 12.2. The molecule has 1 heterocycles. The van der Waals surface area contributed by atoms with Crippen LogP contribution in [0.2, 0.25) is 5.02 Å². The molecule has 1 amide bonds. The zero-order valence-electron chi connectivity index (χ0n) is 17.2. The Bertz CT molecular complexity index is 1020. The Morgan fingerprint density at radius 1 is 1.13 bits per heavy atom. The monoisotopic (exact) mass is 445 g/mol. The molecule has 1 aromatic heterocycles. The van der Waals surface area contributed by atoms with Crippen molar-refractivity contribution in [1.29, 1.82) is 0 Å². The Morgan fingerprint density at radius 2 is 1.97 bits per heavy atom. The van der Waals surface area contributed by atoms with Gasteiger partial charge >= 0.3 is 0 Å². The number of aromatic nitrogens is 2. The van der Waals surface area contributed by atoms with E-state index in [1.807, 2.05) is 26.0 Å². The number of hydrogen-bond acceptors (Lipinski definition) is 6. The molecule has 158 valence electrons. The Kier molecular flexibility index (Phi) is 7.76. The highest BCUT2D eigenvalue weighted by Gasteiger charge is 2.11. The summed E-state index contributed by atoms with van der Waals surface area (Å²) in [5.74, 6) is 1.53. The minimum absolute atomic E-state index is 0.139. The number of carbonyl (C=O) groups excluding carboxylic acids is 1. The van der Waals surface area contributed by atoms with Crippen LogP contribution in [0.4, 0.5) is 5.69 Å². The summed E-state index contributed by atoms with van der Waals surface area (Å²) >= 11 is 7.16. The van der Waals surface area contributed by atoms with E-state index in [1.54, 1.807) is 19.2 Å². The third-order valence-corrected chi connectivity index (χ3v) is 5.61. The van der Waals surface area contributed by atoms with E-state index in [4.69, 9.17) is 20.8 Å². The van der Waals surface area contributed by atoms with Gasteiger partial charge in [0.05, 0.1) is 12.9 Å². The second-order valence-corrected chi connectivity index (χ2v) is 8.28. The molecular weight excluding hydrogens is 422 g/mol. The van der Waals surface area contributed by atoms with Crippen molar-refractivity contribution in [2.45, 2.75) is 38.3 Å². The molecule has 0 aliphatic carbocycles. The van der Waals surface area contributed by atoms with E-state index in [0.29, 0.717) is 22.6 Å². The van der Waals surface area contributed by atoms with E-state index in [1.165, 1.54) is 17.3 Å². The van der Waals surface area contributed by atoms with Crippen LogP contribution in [0.15, 0.2) is 46.0 Å². The number of halogens is 1. The lowest BCUT2D eigenvalue weighted by Crippen LogP contribution is -2.14. The number of anilines is 1. The van der Waals surface area contributed by atoms with Crippen LogP contribution in [0.3, 0.4) is 0 Å². The van der Waals surface area contributed by atoms with Crippen LogP contribution in [-0.4, -0.2) is 29.0 Å². The number of nitrogens with one attached hydrogen (secondary N) is 1. The van der Waals surface area contributed by atoms with Crippen molar-refractivity contribution in [2.75, 3.05) is 18.2 Å². The molecule has 0 atom stereocenters. The van der Waals surface area contributed by atoms with Crippen molar-refractivity contribution in [1.82, 2.24) is 10.2 Å². The number of rotatable bonds is 9. The van der Waals surface area contributed by atoms with Gasteiger partial charge in [-0.25, -0.2) is 0 Å². The minimum Gasteiger partial charge on any atom is -0.496 e. The van der Waals surface area contributed by atoms with Crippen LogP contribution >= 0.6 is 23.4 Å². The summed E-state index contributed by atoms with van der Waals surface area (Å²) in [5, 5.41) is 12.0. The van der Waals surface area contributed by atoms with Crippen molar-refractivity contribution in [2.24, 2.45) is 0 Å². The molecule has 2 aromatic carbocycles. The van der Waals surface area contributed by atoms with Gasteiger partial charge in [-0.1, -0.05) is 35.5 Å². The first-order valence-electron chi connectivity index (χ1n) is 9.59. The second-order valence-electron chi connectivity index (χ2n) is 6.92. The van der Waals surface area contributed by atoms with Crippen molar-refractivity contribution < 1.29 is 13.9 Å². The molecule has 30 heavy (non-hydrogen) atoms. The minimum atomic E-state index is -0.139. The Hall–Kier alpha value is -2.51. The van der Waals surface area contributed by atoms with Crippen molar-refractivity contribution in [3.05, 3.63) is 64.0 Å². The van der Waals surface area contributed by atoms with Gasteiger partial charge in [0, 0.05) is 17.1 Å². The fourth-order valence-corrected chi connectivity index (χ4v) is 3.83.